The van der Waals surface area contributed by atoms with Gasteiger partial charge >= 0.3 is 5.97 Å². The Kier molecular flexibility index (Phi) is 3.72. The Morgan fingerprint density at radius 1 is 1.03 bits per heavy atom. The molecule has 1 unspecified atom stereocenters. The molecule has 5 nitrogen and oxygen atoms in total. The molecular formula is C24H22N2O3. The maximum atomic E-state index is 12.8. The van der Waals surface area contributed by atoms with Gasteiger partial charge in [-0.2, -0.15) is 0 Å². The van der Waals surface area contributed by atoms with Crippen molar-refractivity contribution in [3.05, 3.63) is 82.2 Å². The minimum Gasteiger partial charge on any atom is -0.456 e. The maximum absolute atomic E-state index is 12.8. The van der Waals surface area contributed by atoms with Crippen LogP contribution in [-0.2, 0) is 10.3 Å². The van der Waals surface area contributed by atoms with E-state index in [9.17, 15) is 4.79 Å². The predicted molar refractivity (Wildman–Crippen MR) is 111 cm³/mol. The highest BCUT2D eigenvalue weighted by Crippen LogP contribution is 2.56. The van der Waals surface area contributed by atoms with Gasteiger partial charge in [0.1, 0.15) is 17.2 Å². The van der Waals surface area contributed by atoms with E-state index in [0.29, 0.717) is 22.8 Å². The number of hydrogen-bond acceptors (Lipinski definition) is 5. The number of aryl methyl sites for hydroxylation is 2. The third-order valence-corrected chi connectivity index (χ3v) is 5.49. The number of fused-ring (bicyclic) bond motifs is 6. The fourth-order valence-corrected chi connectivity index (χ4v) is 4.23. The van der Waals surface area contributed by atoms with Gasteiger partial charge < -0.3 is 14.8 Å². The van der Waals surface area contributed by atoms with Crippen molar-refractivity contribution in [2.75, 3.05) is 5.32 Å². The number of hydrogen-bond donors (Lipinski definition) is 1. The zero-order valence-corrected chi connectivity index (χ0v) is 16.9. The summed E-state index contributed by atoms with van der Waals surface area (Å²) in [5, 5.41) is 3.48. The lowest BCUT2D eigenvalue weighted by molar-refractivity contribution is 0.0215. The number of aromatic nitrogens is 1. The molecule has 2 aliphatic rings. The number of anilines is 1. The smallest absolute Gasteiger partial charge is 0.341 e. The molecule has 2 aliphatic heterocycles. The second-order valence-corrected chi connectivity index (χ2v) is 8.03. The molecule has 2 aromatic carbocycles. The third-order valence-electron chi connectivity index (χ3n) is 5.49. The van der Waals surface area contributed by atoms with Crippen molar-refractivity contribution in [2.45, 2.75) is 39.3 Å². The lowest BCUT2D eigenvalue weighted by Crippen LogP contribution is -2.34. The molecule has 1 spiro atoms. The number of carbonyl (C=O) groups excluding carboxylic acids is 1. The second-order valence-electron chi connectivity index (χ2n) is 8.03. The average molecular weight is 386 g/mol. The number of esters is 1. The number of benzene rings is 2. The van der Waals surface area contributed by atoms with Gasteiger partial charge in [-0.15, -0.1) is 0 Å². The van der Waals surface area contributed by atoms with Crippen molar-refractivity contribution in [3.63, 3.8) is 0 Å². The van der Waals surface area contributed by atoms with Gasteiger partial charge in [-0.25, -0.2) is 4.79 Å². The number of rotatable bonds is 2. The monoisotopic (exact) mass is 386 g/mol. The van der Waals surface area contributed by atoms with Gasteiger partial charge in [0.15, 0.2) is 0 Å². The number of pyridine rings is 1. The highest BCUT2D eigenvalue weighted by atomic mass is 16.6. The first-order chi connectivity index (χ1) is 13.9. The van der Waals surface area contributed by atoms with Crippen LogP contribution >= 0.6 is 0 Å². The molecular weight excluding hydrogens is 364 g/mol. The van der Waals surface area contributed by atoms with Crippen LogP contribution in [-0.4, -0.2) is 17.0 Å². The van der Waals surface area contributed by atoms with E-state index in [1.807, 2.05) is 44.2 Å². The maximum Gasteiger partial charge on any atom is 0.341 e. The van der Waals surface area contributed by atoms with Gasteiger partial charge in [0.05, 0.1) is 11.1 Å². The zero-order chi connectivity index (χ0) is 20.3. The Morgan fingerprint density at radius 2 is 1.83 bits per heavy atom. The summed E-state index contributed by atoms with van der Waals surface area (Å²) in [5.41, 5.74) is 4.68. The molecule has 5 heteroatoms. The fraction of sp³-hybridized carbons (Fsp3) is 0.250. The van der Waals surface area contributed by atoms with Crippen molar-refractivity contribution in [1.29, 1.82) is 0 Å². The lowest BCUT2D eigenvalue weighted by atomic mass is 9.79. The highest BCUT2D eigenvalue weighted by molar-refractivity contribution is 5.96. The molecule has 0 saturated carbocycles. The molecule has 5 rings (SSSR count). The van der Waals surface area contributed by atoms with Gasteiger partial charge in [-0.05, 0) is 69.2 Å². The molecule has 0 radical (unpaired) electrons. The molecule has 146 valence electrons. The third kappa shape index (κ3) is 2.47. The zero-order valence-electron chi connectivity index (χ0n) is 16.9. The molecule has 1 N–H and O–H groups in total. The van der Waals surface area contributed by atoms with Crippen LogP contribution in [0.1, 0.15) is 52.2 Å². The first-order valence-corrected chi connectivity index (χ1v) is 9.79. The first kappa shape index (κ1) is 17.7. The molecule has 1 atom stereocenters. The van der Waals surface area contributed by atoms with Crippen LogP contribution in [0.4, 0.5) is 5.69 Å². The quantitative estimate of drug-likeness (QED) is 0.622. The molecule has 0 fully saturated rings. The Hall–Kier alpha value is -3.34. The average Bonchev–Trinajstić information content (AvgIpc) is 2.96. The van der Waals surface area contributed by atoms with Crippen LogP contribution in [0, 0.1) is 13.8 Å². The van der Waals surface area contributed by atoms with Crippen LogP contribution in [0.5, 0.6) is 11.5 Å². The van der Waals surface area contributed by atoms with Gasteiger partial charge in [0.25, 0.3) is 0 Å². The highest BCUT2D eigenvalue weighted by Gasteiger charge is 2.55. The second kappa shape index (κ2) is 6.08. The van der Waals surface area contributed by atoms with Gasteiger partial charge in [0.2, 0.25) is 5.60 Å². The van der Waals surface area contributed by atoms with E-state index in [-0.39, 0.29) is 12.0 Å². The molecule has 29 heavy (non-hydrogen) atoms. The number of ether oxygens (including phenoxy) is 2. The SMILES string of the molecule is Cc1ccc2c(c1)Oc1cc(C)c(NC(C)C)cc1C21OC(=O)c2cccnc21. The van der Waals surface area contributed by atoms with Gasteiger partial charge in [-0.1, -0.05) is 12.1 Å². The van der Waals surface area contributed by atoms with Crippen LogP contribution in [0.3, 0.4) is 0 Å². The van der Waals surface area contributed by atoms with Crippen LogP contribution in [0.15, 0.2) is 48.7 Å². The summed E-state index contributed by atoms with van der Waals surface area (Å²) in [6, 6.07) is 13.8. The Bertz CT molecular complexity index is 1170. The molecule has 1 aromatic heterocycles. The van der Waals surface area contributed by atoms with Crippen molar-refractivity contribution in [3.8, 4) is 11.5 Å². The predicted octanol–water partition coefficient (Wildman–Crippen LogP) is 5.09. The molecule has 3 heterocycles. The summed E-state index contributed by atoms with van der Waals surface area (Å²) in [4.78, 5) is 17.4. The van der Waals surface area contributed by atoms with E-state index >= 15 is 0 Å². The van der Waals surface area contributed by atoms with Crippen molar-refractivity contribution in [2.24, 2.45) is 0 Å². The lowest BCUT2D eigenvalue weighted by Gasteiger charge is -2.36. The Labute approximate surface area is 169 Å². The van der Waals surface area contributed by atoms with Crippen LogP contribution in [0.2, 0.25) is 0 Å². The van der Waals surface area contributed by atoms with E-state index in [4.69, 9.17) is 9.47 Å². The van der Waals surface area contributed by atoms with Crippen molar-refractivity contribution in [1.82, 2.24) is 4.98 Å². The first-order valence-electron chi connectivity index (χ1n) is 9.79. The Balaban J connectivity index is 1.85. The van der Waals surface area contributed by atoms with Crippen LogP contribution in [0.25, 0.3) is 0 Å². The molecule has 0 bridgehead atoms. The van der Waals surface area contributed by atoms with Gasteiger partial charge in [-0.3, -0.25) is 4.98 Å². The number of nitrogens with zero attached hydrogens (tertiary/aromatic N) is 1. The van der Waals surface area contributed by atoms with Gasteiger partial charge in [0, 0.05) is 23.5 Å². The molecule has 3 aromatic rings. The number of nitrogens with one attached hydrogen (secondary N) is 1. The van der Waals surface area contributed by atoms with Crippen molar-refractivity contribution < 1.29 is 14.3 Å². The summed E-state index contributed by atoms with van der Waals surface area (Å²) in [6.07, 6.45) is 1.70. The molecule has 0 amide bonds. The largest absolute Gasteiger partial charge is 0.456 e. The molecule has 0 aliphatic carbocycles. The topological polar surface area (TPSA) is 60.5 Å². The van der Waals surface area contributed by atoms with E-state index in [2.05, 4.69) is 24.1 Å². The van der Waals surface area contributed by atoms with E-state index in [1.54, 1.807) is 18.3 Å². The summed E-state index contributed by atoms with van der Waals surface area (Å²) >= 11 is 0. The minimum atomic E-state index is -1.12. The van der Waals surface area contributed by atoms with E-state index < -0.39 is 5.60 Å². The Morgan fingerprint density at radius 3 is 2.62 bits per heavy atom. The molecule has 0 saturated heterocycles. The van der Waals surface area contributed by atoms with E-state index in [0.717, 1.165) is 27.9 Å². The van der Waals surface area contributed by atoms with E-state index in [1.165, 1.54) is 0 Å². The van der Waals surface area contributed by atoms with Crippen LogP contribution < -0.4 is 10.1 Å². The van der Waals surface area contributed by atoms with Crippen molar-refractivity contribution >= 4 is 11.7 Å². The summed E-state index contributed by atoms with van der Waals surface area (Å²) in [7, 11) is 0. The normalized spacial score (nSPS) is 18.7. The number of carbonyl (C=O) groups is 1. The summed E-state index contributed by atoms with van der Waals surface area (Å²) < 4.78 is 12.4. The standard InChI is InChI=1S/C24H22N2O3/c1-13(2)26-19-12-18-21(11-15(19)4)28-20-10-14(3)7-8-17(20)24(18)22-16(23(27)29-24)6-5-9-25-22/h5-13,26H,1-4H3. The summed E-state index contributed by atoms with van der Waals surface area (Å²) in [6.45, 7) is 8.24. The summed E-state index contributed by atoms with van der Waals surface area (Å²) in [5.74, 6) is 1.00. The fourth-order valence-electron chi connectivity index (χ4n) is 4.23. The minimum absolute atomic E-state index is 0.263.